The van der Waals surface area contributed by atoms with Gasteiger partial charge in [-0.15, -0.1) is 11.3 Å². The Morgan fingerprint density at radius 3 is 2.41 bits per heavy atom. The molecule has 5 rings (SSSR count). The lowest BCUT2D eigenvalue weighted by atomic mass is 10.1. The molecule has 1 N–H and O–H groups in total. The molecule has 8 heteroatoms. The van der Waals surface area contributed by atoms with Gasteiger partial charge in [0.1, 0.15) is 10.8 Å². The van der Waals surface area contributed by atoms with Crippen LogP contribution in [0.25, 0.3) is 20.8 Å². The first kappa shape index (κ1) is 29.3. The zero-order chi connectivity index (χ0) is 26.6. The quantitative estimate of drug-likeness (QED) is 0.368. The number of alkyl halides is 1. The van der Waals surface area contributed by atoms with Crippen molar-refractivity contribution in [1.82, 2.24) is 15.2 Å². The molecule has 0 atom stereocenters. The van der Waals surface area contributed by atoms with E-state index in [2.05, 4.69) is 45.4 Å². The van der Waals surface area contributed by atoms with E-state index < -0.39 is 6.17 Å². The van der Waals surface area contributed by atoms with Crippen LogP contribution in [0.2, 0.25) is 0 Å². The number of methoxy groups -OCH3 is 1. The third kappa shape index (κ3) is 8.92. The average molecular weight is 531 g/mol. The van der Waals surface area contributed by atoms with Crippen LogP contribution in [0, 0.1) is 0 Å². The van der Waals surface area contributed by atoms with Crippen molar-refractivity contribution in [2.24, 2.45) is 0 Å². The van der Waals surface area contributed by atoms with Crippen molar-refractivity contribution in [1.29, 1.82) is 0 Å². The van der Waals surface area contributed by atoms with Crippen LogP contribution in [0.15, 0.2) is 42.5 Å². The van der Waals surface area contributed by atoms with Crippen molar-refractivity contribution in [3.8, 4) is 16.3 Å². The second kappa shape index (κ2) is 15.2. The summed E-state index contributed by atoms with van der Waals surface area (Å²) >= 11 is 1.70. The third-order valence-electron chi connectivity index (χ3n) is 6.10. The Kier molecular flexibility index (Phi) is 12.1. The fourth-order valence-corrected chi connectivity index (χ4v) is 5.20. The molecule has 6 nitrogen and oxygen atoms in total. The van der Waals surface area contributed by atoms with E-state index in [0.29, 0.717) is 6.10 Å². The molecule has 204 valence electrons. The maximum Gasteiger partial charge on any atom is 0.124 e. The fraction of sp³-hybridized carbons (Fsp3) is 0.552. The summed E-state index contributed by atoms with van der Waals surface area (Å²) in [7, 11) is 1.70. The highest BCUT2D eigenvalue weighted by molar-refractivity contribution is 7.21. The van der Waals surface area contributed by atoms with E-state index in [1.807, 2.05) is 26.0 Å². The van der Waals surface area contributed by atoms with E-state index in [4.69, 9.17) is 14.5 Å². The van der Waals surface area contributed by atoms with Gasteiger partial charge in [0.05, 0.1) is 29.6 Å². The third-order valence-corrected chi connectivity index (χ3v) is 7.17. The van der Waals surface area contributed by atoms with Gasteiger partial charge in [-0.3, -0.25) is 0 Å². The molecule has 2 aliphatic heterocycles. The average Bonchev–Trinajstić information content (AvgIpc) is 3.32. The van der Waals surface area contributed by atoms with Crippen molar-refractivity contribution in [3.05, 3.63) is 42.5 Å². The SMILES string of the molecule is CC.CC(C)F.COc1ccc2nc(-c3ccc(N4CC(OCCCN5CCNCC5)C4)cc3)sc2c1. The van der Waals surface area contributed by atoms with Gasteiger partial charge in [-0.05, 0) is 62.7 Å². The Bertz CT molecular complexity index is 1040. The zero-order valence-corrected chi connectivity index (χ0v) is 23.8. The summed E-state index contributed by atoms with van der Waals surface area (Å²) in [5.41, 5.74) is 3.43. The largest absolute Gasteiger partial charge is 0.497 e. The number of hydrogen-bond acceptors (Lipinski definition) is 7. The molecular formula is C29H43FN4O2S. The van der Waals surface area contributed by atoms with Gasteiger partial charge < -0.3 is 24.6 Å². The first-order valence-electron chi connectivity index (χ1n) is 13.5. The summed E-state index contributed by atoms with van der Waals surface area (Å²) in [6.45, 7) is 15.5. The van der Waals surface area contributed by atoms with Crippen LogP contribution in [0.5, 0.6) is 5.75 Å². The number of nitrogens with one attached hydrogen (secondary N) is 1. The summed E-state index contributed by atoms with van der Waals surface area (Å²) in [5, 5.41) is 4.44. The first-order valence-corrected chi connectivity index (χ1v) is 14.3. The van der Waals surface area contributed by atoms with Crippen LogP contribution in [0.4, 0.5) is 10.1 Å². The second-order valence-corrected chi connectivity index (χ2v) is 10.3. The molecule has 0 amide bonds. The lowest BCUT2D eigenvalue weighted by Gasteiger charge is -2.40. The number of ether oxygens (including phenoxy) is 2. The molecule has 2 aliphatic rings. The topological polar surface area (TPSA) is 49.9 Å². The van der Waals surface area contributed by atoms with Crippen molar-refractivity contribution < 1.29 is 13.9 Å². The summed E-state index contributed by atoms with van der Waals surface area (Å²) < 4.78 is 23.5. The van der Waals surface area contributed by atoms with Crippen molar-refractivity contribution in [2.75, 3.05) is 64.4 Å². The van der Waals surface area contributed by atoms with Crippen molar-refractivity contribution in [3.63, 3.8) is 0 Å². The maximum atomic E-state index is 11.0. The molecule has 0 aliphatic carbocycles. The predicted octanol–water partition coefficient (Wildman–Crippen LogP) is 5.86. The number of piperazine rings is 1. The highest BCUT2D eigenvalue weighted by Crippen LogP contribution is 2.33. The van der Waals surface area contributed by atoms with E-state index in [9.17, 15) is 4.39 Å². The molecule has 3 aromatic rings. The van der Waals surface area contributed by atoms with Crippen molar-refractivity contribution >= 4 is 27.2 Å². The van der Waals surface area contributed by atoms with E-state index in [1.165, 1.54) is 32.6 Å². The van der Waals surface area contributed by atoms with Crippen LogP contribution < -0.4 is 15.0 Å². The van der Waals surface area contributed by atoms with Gasteiger partial charge in [-0.1, -0.05) is 13.8 Å². The minimum Gasteiger partial charge on any atom is -0.497 e. The minimum atomic E-state index is -0.667. The summed E-state index contributed by atoms with van der Waals surface area (Å²) in [6, 6.07) is 14.8. The normalized spacial score (nSPS) is 16.0. The number of thiazole rings is 1. The van der Waals surface area contributed by atoms with Crippen LogP contribution in [0.3, 0.4) is 0 Å². The van der Waals surface area contributed by atoms with Gasteiger partial charge in [-0.2, -0.15) is 0 Å². The molecule has 2 aromatic carbocycles. The number of hydrogen-bond donors (Lipinski definition) is 1. The number of benzene rings is 2. The van der Waals surface area contributed by atoms with Crippen LogP contribution in [-0.2, 0) is 4.74 Å². The molecule has 0 spiro atoms. The molecule has 0 radical (unpaired) electrons. The summed E-state index contributed by atoms with van der Waals surface area (Å²) in [4.78, 5) is 9.68. The van der Waals surface area contributed by atoms with E-state index >= 15 is 0 Å². The molecule has 37 heavy (non-hydrogen) atoms. The molecule has 0 bridgehead atoms. The molecule has 1 aromatic heterocycles. The Morgan fingerprint density at radius 1 is 1.08 bits per heavy atom. The first-order chi connectivity index (χ1) is 18.0. The number of halogens is 1. The van der Waals surface area contributed by atoms with Gasteiger partial charge in [0.2, 0.25) is 0 Å². The number of aromatic nitrogens is 1. The number of fused-ring (bicyclic) bond motifs is 1. The Hall–Kier alpha value is -2.26. The van der Waals surface area contributed by atoms with Gasteiger partial charge in [0, 0.05) is 63.7 Å². The standard InChI is InChI=1S/C24H30N4O2S.C3H7F.C2H6/c1-29-20-7-8-22-23(15-20)31-24(26-22)18-3-5-19(6-4-18)28-16-21(17-28)30-14-2-11-27-12-9-25-10-13-27;1-3(2)4;1-2/h3-8,15,21,25H,2,9-14,16-17H2,1H3;3H,1-2H3;1-2H3. The number of rotatable bonds is 8. The molecular weight excluding hydrogens is 487 g/mol. The van der Waals surface area contributed by atoms with Gasteiger partial charge in [0.25, 0.3) is 0 Å². The highest BCUT2D eigenvalue weighted by atomic mass is 32.1. The highest BCUT2D eigenvalue weighted by Gasteiger charge is 2.27. The minimum absolute atomic E-state index is 0.363. The fourth-order valence-electron chi connectivity index (χ4n) is 4.20. The molecule has 2 fully saturated rings. The van der Waals surface area contributed by atoms with Gasteiger partial charge in [-0.25, -0.2) is 9.37 Å². The molecule has 0 unspecified atom stereocenters. The van der Waals surface area contributed by atoms with Crippen LogP contribution in [-0.4, -0.2) is 81.7 Å². The van der Waals surface area contributed by atoms with Crippen LogP contribution in [0.1, 0.15) is 34.1 Å². The van der Waals surface area contributed by atoms with Gasteiger partial charge >= 0.3 is 0 Å². The number of nitrogens with zero attached hydrogens (tertiary/aromatic N) is 3. The Morgan fingerprint density at radius 2 is 1.76 bits per heavy atom. The Balaban J connectivity index is 0.000000580. The van der Waals surface area contributed by atoms with Crippen molar-refractivity contribution in [2.45, 2.75) is 46.4 Å². The van der Waals surface area contributed by atoms with E-state index in [1.54, 1.807) is 18.4 Å². The Labute approximate surface area is 225 Å². The number of anilines is 1. The predicted molar refractivity (Wildman–Crippen MR) is 155 cm³/mol. The molecule has 0 saturated carbocycles. The monoisotopic (exact) mass is 530 g/mol. The smallest absolute Gasteiger partial charge is 0.124 e. The van der Waals surface area contributed by atoms with Crippen LogP contribution >= 0.6 is 11.3 Å². The summed E-state index contributed by atoms with van der Waals surface area (Å²) in [5.74, 6) is 0.872. The molecule has 3 heterocycles. The lowest BCUT2D eigenvalue weighted by molar-refractivity contribution is 0.0285. The lowest BCUT2D eigenvalue weighted by Crippen LogP contribution is -2.52. The van der Waals surface area contributed by atoms with Gasteiger partial charge in [0.15, 0.2) is 0 Å². The zero-order valence-electron chi connectivity index (χ0n) is 23.0. The van der Waals surface area contributed by atoms with E-state index in [-0.39, 0.29) is 0 Å². The van der Waals surface area contributed by atoms with E-state index in [0.717, 1.165) is 72.3 Å². The summed E-state index contributed by atoms with van der Waals surface area (Å²) in [6.07, 6.45) is 0.820. The second-order valence-electron chi connectivity index (χ2n) is 9.26. The maximum absolute atomic E-state index is 11.0. The molecule has 2 saturated heterocycles.